The second kappa shape index (κ2) is 6.47. The minimum absolute atomic E-state index is 0.0222. The van der Waals surface area contributed by atoms with Gasteiger partial charge in [0.1, 0.15) is 24.2 Å². The van der Waals surface area contributed by atoms with Crippen LogP contribution in [0.4, 0.5) is 15.8 Å². The Labute approximate surface area is 168 Å². The molecule has 0 saturated heterocycles. The number of hydrogen-bond donors (Lipinski definition) is 2. The van der Waals surface area contributed by atoms with Gasteiger partial charge in [-0.15, -0.1) is 0 Å². The molecule has 2 aromatic rings. The van der Waals surface area contributed by atoms with E-state index in [1.165, 1.54) is 12.5 Å². The summed E-state index contributed by atoms with van der Waals surface area (Å²) in [6.45, 7) is 4.27. The highest BCUT2D eigenvalue weighted by molar-refractivity contribution is 6.10. The summed E-state index contributed by atoms with van der Waals surface area (Å²) < 4.78 is 20.6. The zero-order valence-corrected chi connectivity index (χ0v) is 16.5. The third-order valence-corrected chi connectivity index (χ3v) is 6.11. The van der Waals surface area contributed by atoms with Gasteiger partial charge in [0, 0.05) is 22.4 Å². The molecule has 0 bridgehead atoms. The van der Waals surface area contributed by atoms with E-state index < -0.39 is 6.04 Å². The molecule has 1 saturated carbocycles. The van der Waals surface area contributed by atoms with E-state index in [2.05, 4.69) is 22.8 Å². The Morgan fingerprint density at radius 1 is 1.28 bits per heavy atom. The second-order valence-electron chi connectivity index (χ2n) is 8.22. The monoisotopic (exact) mass is 394 g/mol. The molecule has 29 heavy (non-hydrogen) atoms. The first-order valence-corrected chi connectivity index (χ1v) is 9.95. The number of ether oxygens (including phenoxy) is 1. The topological polar surface area (TPSA) is 66.0 Å². The van der Waals surface area contributed by atoms with Crippen molar-refractivity contribution in [3.63, 3.8) is 0 Å². The summed E-state index contributed by atoms with van der Waals surface area (Å²) in [5.74, 6) is 0.829. The van der Waals surface area contributed by atoms with E-state index in [9.17, 15) is 9.18 Å². The van der Waals surface area contributed by atoms with Crippen LogP contribution < -0.4 is 20.4 Å². The van der Waals surface area contributed by atoms with Crippen molar-refractivity contribution in [2.45, 2.75) is 44.7 Å². The van der Waals surface area contributed by atoms with E-state index in [-0.39, 0.29) is 23.9 Å². The first-order valence-electron chi connectivity index (χ1n) is 9.95. The predicted molar refractivity (Wildman–Crippen MR) is 111 cm³/mol. The fraction of sp³-hybridized carbons (Fsp3) is 0.364. The standard InChI is InChI=1S/C22H23FN4O2/c1-13-21(28)26-25-20-12-29-19-10-15(14-6-3-4-7-16(14)23)17(11-18(19)27(13)20)24-22(2)8-5-9-22/h3-4,6-7,10-11,13,24H,5,8-9,12H2,1-2H3,(H,26,28). The summed E-state index contributed by atoms with van der Waals surface area (Å²) in [7, 11) is 0. The van der Waals surface area contributed by atoms with E-state index in [4.69, 9.17) is 4.74 Å². The van der Waals surface area contributed by atoms with Gasteiger partial charge in [-0.1, -0.05) is 18.2 Å². The Hall–Kier alpha value is -3.09. The predicted octanol–water partition coefficient (Wildman–Crippen LogP) is 3.88. The minimum Gasteiger partial charge on any atom is -0.483 e. The average molecular weight is 394 g/mol. The number of amides is 1. The molecule has 0 aromatic heterocycles. The Morgan fingerprint density at radius 3 is 2.79 bits per heavy atom. The number of halogens is 1. The van der Waals surface area contributed by atoms with Crippen LogP contribution in [0.2, 0.25) is 0 Å². The first kappa shape index (κ1) is 18.0. The Balaban J connectivity index is 1.67. The van der Waals surface area contributed by atoms with Crippen LogP contribution in [-0.4, -0.2) is 29.9 Å². The molecule has 1 atom stereocenters. The van der Waals surface area contributed by atoms with Crippen molar-refractivity contribution in [1.82, 2.24) is 5.43 Å². The summed E-state index contributed by atoms with van der Waals surface area (Å²) in [5, 5.41) is 7.78. The van der Waals surface area contributed by atoms with Crippen LogP contribution in [0.5, 0.6) is 5.75 Å². The molecule has 3 aliphatic rings. The maximum Gasteiger partial charge on any atom is 0.262 e. The number of benzene rings is 2. The molecule has 0 radical (unpaired) electrons. The number of anilines is 2. The Kier molecular flexibility index (Phi) is 4.01. The summed E-state index contributed by atoms with van der Waals surface area (Å²) in [5.41, 5.74) is 5.39. The number of fused-ring (bicyclic) bond motifs is 3. The summed E-state index contributed by atoms with van der Waals surface area (Å²) in [6.07, 6.45) is 3.30. The number of amidine groups is 1. The normalized spacial score (nSPS) is 21.8. The highest BCUT2D eigenvalue weighted by Crippen LogP contribution is 2.45. The van der Waals surface area contributed by atoms with Crippen molar-refractivity contribution in [3.05, 3.63) is 42.2 Å². The smallest absolute Gasteiger partial charge is 0.262 e. The van der Waals surface area contributed by atoms with Crippen molar-refractivity contribution < 1.29 is 13.9 Å². The lowest BCUT2D eigenvalue weighted by molar-refractivity contribution is -0.122. The van der Waals surface area contributed by atoms with Gasteiger partial charge in [0.15, 0.2) is 5.84 Å². The van der Waals surface area contributed by atoms with Crippen molar-refractivity contribution >= 4 is 23.1 Å². The van der Waals surface area contributed by atoms with Crippen LogP contribution in [0, 0.1) is 5.82 Å². The SMILES string of the molecule is CC1C(=O)NN=C2COc3cc(-c4ccccc4F)c(NC4(C)CCC4)cc3N21. The molecule has 1 fully saturated rings. The molecule has 2 heterocycles. The van der Waals surface area contributed by atoms with Gasteiger partial charge in [0.05, 0.1) is 5.69 Å². The molecule has 7 heteroatoms. The van der Waals surface area contributed by atoms with Crippen LogP contribution in [0.25, 0.3) is 11.1 Å². The van der Waals surface area contributed by atoms with E-state index in [0.29, 0.717) is 17.1 Å². The molecule has 150 valence electrons. The fourth-order valence-electron chi connectivity index (χ4n) is 4.23. The summed E-state index contributed by atoms with van der Waals surface area (Å²) in [6, 6.07) is 10.2. The molecule has 1 amide bonds. The Bertz CT molecular complexity index is 1030. The molecule has 2 N–H and O–H groups in total. The molecular weight excluding hydrogens is 371 g/mol. The van der Waals surface area contributed by atoms with Crippen molar-refractivity contribution in [3.8, 4) is 16.9 Å². The summed E-state index contributed by atoms with van der Waals surface area (Å²) >= 11 is 0. The third kappa shape index (κ3) is 2.92. The second-order valence-corrected chi connectivity index (χ2v) is 8.22. The number of carbonyl (C=O) groups is 1. The number of hydrogen-bond acceptors (Lipinski definition) is 5. The Morgan fingerprint density at radius 2 is 2.07 bits per heavy atom. The van der Waals surface area contributed by atoms with Gasteiger partial charge < -0.3 is 15.0 Å². The molecule has 5 rings (SSSR count). The van der Waals surface area contributed by atoms with Crippen LogP contribution in [0.3, 0.4) is 0 Å². The number of nitrogens with zero attached hydrogens (tertiary/aromatic N) is 2. The lowest BCUT2D eigenvalue weighted by Crippen LogP contribution is -2.55. The molecule has 0 spiro atoms. The van der Waals surface area contributed by atoms with E-state index in [1.54, 1.807) is 12.1 Å². The first-order chi connectivity index (χ1) is 14.0. The zero-order chi connectivity index (χ0) is 20.2. The zero-order valence-electron chi connectivity index (χ0n) is 16.5. The van der Waals surface area contributed by atoms with Gasteiger partial charge in [-0.3, -0.25) is 4.79 Å². The van der Waals surface area contributed by atoms with Crippen LogP contribution in [0.1, 0.15) is 33.1 Å². The lowest BCUT2D eigenvalue weighted by atomic mass is 9.78. The van der Waals surface area contributed by atoms with Gasteiger partial charge in [-0.25, -0.2) is 9.82 Å². The molecule has 1 unspecified atom stereocenters. The molecular formula is C22H23FN4O2. The molecule has 2 aliphatic heterocycles. The quantitative estimate of drug-likeness (QED) is 0.829. The van der Waals surface area contributed by atoms with Crippen LogP contribution >= 0.6 is 0 Å². The van der Waals surface area contributed by atoms with Crippen molar-refractivity contribution in [2.24, 2.45) is 5.10 Å². The molecule has 2 aromatic carbocycles. The van der Waals surface area contributed by atoms with E-state index in [0.717, 1.165) is 29.8 Å². The molecule has 6 nitrogen and oxygen atoms in total. The maximum absolute atomic E-state index is 14.6. The molecule has 1 aliphatic carbocycles. The van der Waals surface area contributed by atoms with Gasteiger partial charge >= 0.3 is 0 Å². The van der Waals surface area contributed by atoms with Crippen molar-refractivity contribution in [2.75, 3.05) is 16.8 Å². The van der Waals surface area contributed by atoms with Gasteiger partial charge in [-0.05, 0) is 51.3 Å². The van der Waals surface area contributed by atoms with Gasteiger partial charge in [-0.2, -0.15) is 5.10 Å². The van der Waals surface area contributed by atoms with Crippen molar-refractivity contribution in [1.29, 1.82) is 0 Å². The number of nitrogens with one attached hydrogen (secondary N) is 2. The fourth-order valence-corrected chi connectivity index (χ4v) is 4.23. The van der Waals surface area contributed by atoms with Gasteiger partial charge in [0.25, 0.3) is 5.91 Å². The van der Waals surface area contributed by atoms with Gasteiger partial charge in [0.2, 0.25) is 0 Å². The lowest BCUT2D eigenvalue weighted by Gasteiger charge is -2.42. The number of hydrazone groups is 1. The van der Waals surface area contributed by atoms with Crippen LogP contribution in [-0.2, 0) is 4.79 Å². The highest BCUT2D eigenvalue weighted by atomic mass is 19.1. The largest absolute Gasteiger partial charge is 0.483 e. The minimum atomic E-state index is -0.406. The van der Waals surface area contributed by atoms with E-state index >= 15 is 0 Å². The van der Waals surface area contributed by atoms with E-state index in [1.807, 2.05) is 30.0 Å². The van der Waals surface area contributed by atoms with Crippen LogP contribution in [0.15, 0.2) is 41.5 Å². The maximum atomic E-state index is 14.6. The number of carbonyl (C=O) groups excluding carboxylic acids is 1. The third-order valence-electron chi connectivity index (χ3n) is 6.11. The number of rotatable bonds is 3. The summed E-state index contributed by atoms with van der Waals surface area (Å²) in [4.78, 5) is 14.1. The average Bonchev–Trinajstić information content (AvgIpc) is 2.69. The highest BCUT2D eigenvalue weighted by Gasteiger charge is 2.37.